The predicted octanol–water partition coefficient (Wildman–Crippen LogP) is 1.90. The van der Waals surface area contributed by atoms with Gasteiger partial charge in [0, 0.05) is 17.3 Å². The first kappa shape index (κ1) is 17.2. The van der Waals surface area contributed by atoms with Crippen molar-refractivity contribution in [2.75, 3.05) is 13.1 Å². The van der Waals surface area contributed by atoms with Crippen LogP contribution in [0.5, 0.6) is 0 Å². The third-order valence-corrected chi connectivity index (χ3v) is 6.20. The number of aromatic amines is 1. The maximum Gasteiger partial charge on any atom is 0.261 e. The van der Waals surface area contributed by atoms with Crippen LogP contribution in [0.3, 0.4) is 0 Å². The van der Waals surface area contributed by atoms with Crippen molar-refractivity contribution in [2.24, 2.45) is 5.73 Å². The van der Waals surface area contributed by atoms with Crippen LogP contribution in [-0.4, -0.2) is 40.0 Å². The number of carbonyl (C=O) groups is 2. The lowest BCUT2D eigenvalue weighted by molar-refractivity contribution is -0.130. The summed E-state index contributed by atoms with van der Waals surface area (Å²) in [5.41, 5.74) is 7.52. The van der Waals surface area contributed by atoms with Crippen LogP contribution in [-0.2, 0) is 11.3 Å². The van der Waals surface area contributed by atoms with Crippen LogP contribution in [0.1, 0.15) is 63.6 Å². The van der Waals surface area contributed by atoms with Crippen molar-refractivity contribution in [1.82, 2.24) is 20.4 Å². The number of hydrogen-bond donors (Lipinski definition) is 3. The van der Waals surface area contributed by atoms with E-state index in [1.54, 1.807) is 0 Å². The first-order valence-electron chi connectivity index (χ1n) is 9.07. The van der Waals surface area contributed by atoms with Gasteiger partial charge in [-0.05, 0) is 43.9 Å². The van der Waals surface area contributed by atoms with Gasteiger partial charge in [0.15, 0.2) is 0 Å². The summed E-state index contributed by atoms with van der Waals surface area (Å²) in [4.78, 5) is 27.9. The van der Waals surface area contributed by atoms with Crippen LogP contribution in [0.4, 0.5) is 0 Å². The molecule has 2 aromatic heterocycles. The Morgan fingerprint density at radius 1 is 1.35 bits per heavy atom. The first-order valence-corrected chi connectivity index (χ1v) is 9.89. The molecule has 4 rings (SSSR count). The highest BCUT2D eigenvalue weighted by atomic mass is 32.1. The number of rotatable bonds is 6. The lowest BCUT2D eigenvalue weighted by Crippen LogP contribution is -2.35. The monoisotopic (exact) mass is 373 g/mol. The summed E-state index contributed by atoms with van der Waals surface area (Å²) in [6.07, 6.45) is 4.31. The Hall–Kier alpha value is -2.19. The van der Waals surface area contributed by atoms with Gasteiger partial charge < -0.3 is 16.0 Å². The average molecular weight is 373 g/mol. The van der Waals surface area contributed by atoms with E-state index in [9.17, 15) is 9.59 Å². The van der Waals surface area contributed by atoms with Crippen molar-refractivity contribution in [3.05, 3.63) is 39.3 Å². The second-order valence-electron chi connectivity index (χ2n) is 6.93. The molecule has 7 nitrogen and oxygen atoms in total. The molecule has 3 heterocycles. The van der Waals surface area contributed by atoms with E-state index in [1.165, 1.54) is 24.2 Å². The molecule has 2 aliphatic rings. The van der Waals surface area contributed by atoms with Crippen LogP contribution in [0.2, 0.25) is 0 Å². The second-order valence-corrected chi connectivity index (χ2v) is 8.04. The van der Waals surface area contributed by atoms with Gasteiger partial charge >= 0.3 is 0 Å². The number of likely N-dealkylation sites (tertiary alicyclic amines) is 1. The molecule has 1 atom stereocenters. The number of nitrogens with zero attached hydrogens (tertiary/aromatic N) is 2. The molecule has 1 aliphatic heterocycles. The Labute approximate surface area is 156 Å². The Morgan fingerprint density at radius 3 is 2.96 bits per heavy atom. The molecule has 1 saturated heterocycles. The summed E-state index contributed by atoms with van der Waals surface area (Å²) in [5, 5.41) is 10.2. The Balaban J connectivity index is 1.37. The lowest BCUT2D eigenvalue weighted by atomic mass is 10.2. The van der Waals surface area contributed by atoms with Crippen LogP contribution < -0.4 is 11.1 Å². The molecule has 0 spiro atoms. The number of hydrogen-bond acceptors (Lipinski definition) is 5. The molecule has 1 saturated carbocycles. The van der Waals surface area contributed by atoms with E-state index in [0.717, 1.165) is 35.7 Å². The maximum atomic E-state index is 12.4. The van der Waals surface area contributed by atoms with Crippen molar-refractivity contribution in [1.29, 1.82) is 0 Å². The van der Waals surface area contributed by atoms with Crippen molar-refractivity contribution in [2.45, 2.75) is 44.2 Å². The van der Waals surface area contributed by atoms with Crippen LogP contribution in [0.25, 0.3) is 0 Å². The molecule has 1 aliphatic carbocycles. The zero-order chi connectivity index (χ0) is 18.1. The number of thiophene rings is 1. The van der Waals surface area contributed by atoms with Gasteiger partial charge in [-0.15, -0.1) is 11.3 Å². The van der Waals surface area contributed by atoms with Gasteiger partial charge in [0.05, 0.1) is 35.4 Å². The van der Waals surface area contributed by atoms with Crippen molar-refractivity contribution < 1.29 is 9.59 Å². The minimum atomic E-state index is -0.0986. The molecule has 2 fully saturated rings. The Kier molecular flexibility index (Phi) is 4.78. The standard InChI is InChI=1S/C18H23N5O2S/c19-9-17(24)23-7-1-2-14(23)15-5-6-16(26-15)18(25)20-10-12-8-13(22-21-12)11-3-4-11/h5-6,8,11,14H,1-4,7,9-10,19H2,(H,20,25)(H,21,22). The summed E-state index contributed by atoms with van der Waals surface area (Å²) in [6, 6.07) is 5.87. The largest absolute Gasteiger partial charge is 0.346 e. The van der Waals surface area contributed by atoms with E-state index < -0.39 is 0 Å². The minimum absolute atomic E-state index is 0.0300. The van der Waals surface area contributed by atoms with Crippen molar-refractivity contribution >= 4 is 23.2 Å². The molecule has 4 N–H and O–H groups in total. The molecule has 2 amide bonds. The van der Waals surface area contributed by atoms with Crippen LogP contribution in [0, 0.1) is 0 Å². The summed E-state index contributed by atoms with van der Waals surface area (Å²) in [5.74, 6) is 0.470. The van der Waals surface area contributed by atoms with E-state index >= 15 is 0 Å². The zero-order valence-electron chi connectivity index (χ0n) is 14.5. The highest BCUT2D eigenvalue weighted by molar-refractivity contribution is 7.14. The van der Waals surface area contributed by atoms with E-state index in [4.69, 9.17) is 5.73 Å². The third kappa shape index (κ3) is 3.52. The number of aromatic nitrogens is 2. The lowest BCUT2D eigenvalue weighted by Gasteiger charge is -2.23. The normalized spacial score (nSPS) is 19.7. The fourth-order valence-corrected chi connectivity index (χ4v) is 4.53. The van der Waals surface area contributed by atoms with Gasteiger partial charge in [-0.25, -0.2) is 0 Å². The number of nitrogens with two attached hydrogens (primary N) is 1. The zero-order valence-corrected chi connectivity index (χ0v) is 15.3. The van der Waals surface area contributed by atoms with Crippen molar-refractivity contribution in [3.63, 3.8) is 0 Å². The predicted molar refractivity (Wildman–Crippen MR) is 98.8 cm³/mol. The first-order chi connectivity index (χ1) is 12.7. The molecular weight excluding hydrogens is 350 g/mol. The summed E-state index contributed by atoms with van der Waals surface area (Å²) >= 11 is 1.45. The number of H-pyrrole nitrogens is 1. The fourth-order valence-electron chi connectivity index (χ4n) is 3.45. The number of carbonyl (C=O) groups excluding carboxylic acids is 2. The molecule has 138 valence electrons. The Bertz CT molecular complexity index is 810. The molecule has 0 radical (unpaired) electrons. The third-order valence-electron chi connectivity index (χ3n) is 5.01. The second kappa shape index (κ2) is 7.20. The van der Waals surface area contributed by atoms with Gasteiger partial charge in [-0.1, -0.05) is 0 Å². The highest BCUT2D eigenvalue weighted by Gasteiger charge is 2.30. The van der Waals surface area contributed by atoms with Gasteiger partial charge in [0.25, 0.3) is 5.91 Å². The van der Waals surface area contributed by atoms with E-state index in [0.29, 0.717) is 17.3 Å². The summed E-state index contributed by atoms with van der Waals surface area (Å²) < 4.78 is 0. The Morgan fingerprint density at radius 2 is 2.19 bits per heavy atom. The number of nitrogens with one attached hydrogen (secondary N) is 2. The topological polar surface area (TPSA) is 104 Å². The van der Waals surface area contributed by atoms with Crippen molar-refractivity contribution in [3.8, 4) is 0 Å². The molecule has 2 aromatic rings. The van der Waals surface area contributed by atoms with E-state index in [2.05, 4.69) is 15.5 Å². The van der Waals surface area contributed by atoms with Gasteiger partial charge in [-0.3, -0.25) is 14.7 Å². The van der Waals surface area contributed by atoms with Gasteiger partial charge in [0.1, 0.15) is 0 Å². The molecule has 0 aromatic carbocycles. The summed E-state index contributed by atoms with van der Waals surface area (Å²) in [6.45, 7) is 1.21. The van der Waals surface area contributed by atoms with Crippen LogP contribution in [0.15, 0.2) is 18.2 Å². The highest BCUT2D eigenvalue weighted by Crippen LogP contribution is 2.39. The summed E-state index contributed by atoms with van der Waals surface area (Å²) in [7, 11) is 0. The molecule has 0 bridgehead atoms. The molecule has 26 heavy (non-hydrogen) atoms. The van der Waals surface area contributed by atoms with Gasteiger partial charge in [-0.2, -0.15) is 5.10 Å². The molecule has 8 heteroatoms. The smallest absolute Gasteiger partial charge is 0.261 e. The van der Waals surface area contributed by atoms with E-state index in [-0.39, 0.29) is 24.4 Å². The van der Waals surface area contributed by atoms with Crippen LogP contribution >= 0.6 is 11.3 Å². The minimum Gasteiger partial charge on any atom is -0.346 e. The van der Waals surface area contributed by atoms with E-state index in [1.807, 2.05) is 23.1 Å². The fraction of sp³-hybridized carbons (Fsp3) is 0.500. The quantitative estimate of drug-likeness (QED) is 0.719. The molecule has 1 unspecified atom stereocenters. The maximum absolute atomic E-state index is 12.4. The van der Waals surface area contributed by atoms with Gasteiger partial charge in [0.2, 0.25) is 5.91 Å². The SMILES string of the molecule is NCC(=O)N1CCCC1c1ccc(C(=O)NCc2cc(C3CC3)n[nH]2)s1. The number of amides is 2. The molecular formula is C18H23N5O2S. The average Bonchev–Trinajstić information content (AvgIpc) is 3.10.